The minimum Gasteiger partial charge on any atom is -0.388 e. The number of hydrogen-bond acceptors (Lipinski definition) is 4. The van der Waals surface area contributed by atoms with Gasteiger partial charge in [-0.15, -0.1) is 0 Å². The molecule has 2 aromatic rings. The highest BCUT2D eigenvalue weighted by atomic mass is 16.5. The molecule has 6 heteroatoms. The van der Waals surface area contributed by atoms with Gasteiger partial charge in [-0.05, 0) is 44.7 Å². The van der Waals surface area contributed by atoms with Crippen molar-refractivity contribution in [2.24, 2.45) is 0 Å². The van der Waals surface area contributed by atoms with Crippen molar-refractivity contribution in [1.29, 1.82) is 0 Å². The van der Waals surface area contributed by atoms with Crippen LogP contribution in [-0.2, 0) is 16.1 Å². The van der Waals surface area contributed by atoms with E-state index in [-0.39, 0.29) is 24.6 Å². The molecule has 2 aliphatic heterocycles. The van der Waals surface area contributed by atoms with E-state index in [2.05, 4.69) is 22.5 Å². The minimum atomic E-state index is -0.789. The Labute approximate surface area is 147 Å². The number of aryl methyl sites for hydroxylation is 1. The third kappa shape index (κ3) is 2.83. The first-order valence-electron chi connectivity index (χ1n) is 8.93. The van der Waals surface area contributed by atoms with E-state index in [1.54, 1.807) is 13.3 Å². The SMILES string of the molecule is COCC(=O)N1C2CCC1CC(O)(Cn1c(C)cc3ccncc31)C2. The first-order valence-corrected chi connectivity index (χ1v) is 8.93. The molecule has 2 aliphatic rings. The monoisotopic (exact) mass is 343 g/mol. The average molecular weight is 343 g/mol. The van der Waals surface area contributed by atoms with Crippen LogP contribution < -0.4 is 0 Å². The van der Waals surface area contributed by atoms with E-state index >= 15 is 0 Å². The number of carbonyl (C=O) groups excluding carboxylic acids is 1. The van der Waals surface area contributed by atoms with Crippen molar-refractivity contribution in [3.8, 4) is 0 Å². The fraction of sp³-hybridized carbons (Fsp3) is 0.579. The van der Waals surface area contributed by atoms with Crippen LogP contribution in [0.15, 0.2) is 24.5 Å². The van der Waals surface area contributed by atoms with E-state index in [0.29, 0.717) is 19.4 Å². The van der Waals surface area contributed by atoms with E-state index in [0.717, 1.165) is 29.4 Å². The first-order chi connectivity index (χ1) is 12.0. The number of fused-ring (bicyclic) bond motifs is 3. The van der Waals surface area contributed by atoms with Crippen molar-refractivity contribution in [3.05, 3.63) is 30.2 Å². The Balaban J connectivity index is 1.58. The largest absolute Gasteiger partial charge is 0.388 e. The highest BCUT2D eigenvalue weighted by Gasteiger charge is 2.49. The Morgan fingerprint density at radius 2 is 2.12 bits per heavy atom. The minimum absolute atomic E-state index is 0.0452. The quantitative estimate of drug-likeness (QED) is 0.920. The van der Waals surface area contributed by atoms with Crippen molar-refractivity contribution >= 4 is 16.8 Å². The van der Waals surface area contributed by atoms with E-state index in [1.807, 2.05) is 17.2 Å². The summed E-state index contributed by atoms with van der Waals surface area (Å²) in [5.74, 6) is 0.0452. The molecule has 0 aromatic carbocycles. The van der Waals surface area contributed by atoms with Crippen LogP contribution in [0.5, 0.6) is 0 Å². The van der Waals surface area contributed by atoms with Gasteiger partial charge in [-0.2, -0.15) is 0 Å². The number of pyridine rings is 1. The molecular weight excluding hydrogens is 318 g/mol. The molecule has 0 radical (unpaired) electrons. The fourth-order valence-electron chi connectivity index (χ4n) is 4.80. The summed E-state index contributed by atoms with van der Waals surface area (Å²) >= 11 is 0. The van der Waals surface area contributed by atoms with Crippen LogP contribution in [0.4, 0.5) is 0 Å². The molecule has 0 saturated carbocycles. The number of nitrogens with zero attached hydrogens (tertiary/aromatic N) is 3. The number of aromatic nitrogens is 2. The normalized spacial score (nSPS) is 28.7. The number of hydrogen-bond donors (Lipinski definition) is 1. The Morgan fingerprint density at radius 3 is 2.80 bits per heavy atom. The summed E-state index contributed by atoms with van der Waals surface area (Å²) in [6, 6.07) is 4.36. The van der Waals surface area contributed by atoms with Crippen LogP contribution in [-0.4, -0.2) is 56.9 Å². The van der Waals surface area contributed by atoms with Gasteiger partial charge in [-0.25, -0.2) is 0 Å². The van der Waals surface area contributed by atoms with Gasteiger partial charge in [0.2, 0.25) is 5.91 Å². The molecule has 0 aliphatic carbocycles. The van der Waals surface area contributed by atoms with Gasteiger partial charge >= 0.3 is 0 Å². The predicted molar refractivity (Wildman–Crippen MR) is 94.2 cm³/mol. The van der Waals surface area contributed by atoms with Crippen molar-refractivity contribution in [1.82, 2.24) is 14.5 Å². The van der Waals surface area contributed by atoms with Crippen molar-refractivity contribution in [2.45, 2.75) is 56.8 Å². The molecule has 4 heterocycles. The van der Waals surface area contributed by atoms with E-state index in [1.165, 1.54) is 0 Å². The van der Waals surface area contributed by atoms with Gasteiger partial charge in [0.25, 0.3) is 0 Å². The molecule has 2 bridgehead atoms. The van der Waals surface area contributed by atoms with Crippen LogP contribution in [0.3, 0.4) is 0 Å². The van der Waals surface area contributed by atoms with Gasteiger partial charge in [0.1, 0.15) is 6.61 Å². The van der Waals surface area contributed by atoms with Gasteiger partial charge < -0.3 is 19.3 Å². The second kappa shape index (κ2) is 6.11. The number of rotatable bonds is 4. The first kappa shape index (κ1) is 16.5. The third-order valence-electron chi connectivity index (χ3n) is 5.77. The van der Waals surface area contributed by atoms with Crippen LogP contribution in [0, 0.1) is 6.92 Å². The summed E-state index contributed by atoms with van der Waals surface area (Å²) in [5, 5.41) is 12.5. The predicted octanol–water partition coefficient (Wildman–Crippen LogP) is 1.88. The molecule has 0 spiro atoms. The number of amides is 1. The summed E-state index contributed by atoms with van der Waals surface area (Å²) in [6.45, 7) is 2.74. The summed E-state index contributed by atoms with van der Waals surface area (Å²) < 4.78 is 7.18. The van der Waals surface area contributed by atoms with Crippen LogP contribution in [0.1, 0.15) is 31.4 Å². The lowest BCUT2D eigenvalue weighted by atomic mass is 9.85. The number of carbonyl (C=O) groups is 1. The zero-order chi connectivity index (χ0) is 17.6. The molecule has 2 unspecified atom stereocenters. The molecule has 2 fully saturated rings. The highest BCUT2D eigenvalue weighted by Crippen LogP contribution is 2.42. The summed E-state index contributed by atoms with van der Waals surface area (Å²) in [7, 11) is 1.55. The zero-order valence-corrected chi connectivity index (χ0v) is 14.8. The van der Waals surface area contributed by atoms with Gasteiger partial charge in [0, 0.05) is 36.5 Å². The molecule has 1 N–H and O–H groups in total. The molecule has 4 rings (SSSR count). The van der Waals surface area contributed by atoms with Gasteiger partial charge in [-0.3, -0.25) is 9.78 Å². The van der Waals surface area contributed by atoms with Crippen LogP contribution in [0.25, 0.3) is 10.9 Å². The Morgan fingerprint density at radius 1 is 1.40 bits per heavy atom. The van der Waals surface area contributed by atoms with Gasteiger partial charge in [0.05, 0.1) is 23.9 Å². The topological polar surface area (TPSA) is 67.6 Å². The second-order valence-corrected chi connectivity index (χ2v) is 7.56. The summed E-state index contributed by atoms with van der Waals surface area (Å²) in [4.78, 5) is 18.5. The van der Waals surface area contributed by atoms with Crippen molar-refractivity contribution < 1.29 is 14.6 Å². The van der Waals surface area contributed by atoms with Crippen LogP contribution >= 0.6 is 0 Å². The summed E-state index contributed by atoms with van der Waals surface area (Å²) in [5.41, 5.74) is 1.39. The fourth-order valence-corrected chi connectivity index (χ4v) is 4.80. The molecule has 134 valence electrons. The second-order valence-electron chi connectivity index (χ2n) is 7.56. The smallest absolute Gasteiger partial charge is 0.249 e. The van der Waals surface area contributed by atoms with Gasteiger partial charge in [0.15, 0.2) is 0 Å². The highest BCUT2D eigenvalue weighted by molar-refractivity contribution is 5.80. The maximum Gasteiger partial charge on any atom is 0.249 e. The van der Waals surface area contributed by atoms with Crippen molar-refractivity contribution in [2.75, 3.05) is 13.7 Å². The summed E-state index contributed by atoms with van der Waals surface area (Å²) in [6.07, 6.45) is 6.83. The molecule has 2 atom stereocenters. The lowest BCUT2D eigenvalue weighted by molar-refractivity contribution is -0.146. The number of ether oxygens (including phenoxy) is 1. The maximum atomic E-state index is 12.3. The molecular formula is C19H25N3O3. The van der Waals surface area contributed by atoms with E-state index in [9.17, 15) is 9.90 Å². The lowest BCUT2D eigenvalue weighted by Gasteiger charge is -2.44. The van der Waals surface area contributed by atoms with Gasteiger partial charge in [-0.1, -0.05) is 0 Å². The third-order valence-corrected chi connectivity index (χ3v) is 5.77. The lowest BCUT2D eigenvalue weighted by Crippen LogP contribution is -2.55. The molecule has 6 nitrogen and oxygen atoms in total. The van der Waals surface area contributed by atoms with E-state index in [4.69, 9.17) is 4.74 Å². The molecule has 25 heavy (non-hydrogen) atoms. The molecule has 1 amide bonds. The maximum absolute atomic E-state index is 12.3. The van der Waals surface area contributed by atoms with Crippen LogP contribution in [0.2, 0.25) is 0 Å². The average Bonchev–Trinajstić information content (AvgIpc) is 3.03. The number of aliphatic hydroxyl groups is 1. The Hall–Kier alpha value is -1.92. The van der Waals surface area contributed by atoms with E-state index < -0.39 is 5.60 Å². The Kier molecular flexibility index (Phi) is 4.04. The zero-order valence-electron chi connectivity index (χ0n) is 14.8. The standard InChI is InChI=1S/C19H25N3O3/c1-13-7-14-5-6-20-10-17(14)21(13)12-19(24)8-15-3-4-16(9-19)22(15)18(23)11-25-2/h5-7,10,15-16,24H,3-4,8-9,11-12H2,1-2H3. The molecule has 2 aromatic heterocycles. The Bertz CT molecular complexity index is 786. The number of methoxy groups -OCH3 is 1. The van der Waals surface area contributed by atoms with Crippen molar-refractivity contribution in [3.63, 3.8) is 0 Å². The number of piperidine rings is 1. The molecule has 2 saturated heterocycles.